The van der Waals surface area contributed by atoms with Crippen LogP contribution in [-0.2, 0) is 11.2 Å². The van der Waals surface area contributed by atoms with Crippen LogP contribution in [0.15, 0.2) is 18.2 Å². The molecule has 0 aliphatic rings. The maximum absolute atomic E-state index is 11.3. The van der Waals surface area contributed by atoms with Crippen molar-refractivity contribution in [2.24, 2.45) is 0 Å². The minimum Gasteiger partial charge on any atom is -0.496 e. The third-order valence-electron chi connectivity index (χ3n) is 1.82. The normalized spacial score (nSPS) is 9.93. The molecule has 0 bridgehead atoms. The second-order valence-electron chi connectivity index (χ2n) is 2.77. The van der Waals surface area contributed by atoms with E-state index >= 15 is 0 Å². The monoisotopic (exact) mass is 368 g/mol. The number of methoxy groups -OCH3 is 1. The van der Waals surface area contributed by atoms with E-state index in [1.54, 1.807) is 7.11 Å². The topological polar surface area (TPSA) is 26.3 Å². The number of hydrogen-bond acceptors (Lipinski definition) is 2. The first kappa shape index (κ1) is 12.0. The summed E-state index contributed by atoms with van der Waals surface area (Å²) in [4.78, 5) is 11.3. The summed E-state index contributed by atoms with van der Waals surface area (Å²) in [5.41, 5.74) is 0.972. The molecule has 0 atom stereocenters. The summed E-state index contributed by atoms with van der Waals surface area (Å²) in [5.74, 6) is 0.943. The van der Waals surface area contributed by atoms with Crippen molar-refractivity contribution in [2.75, 3.05) is 12.4 Å². The third kappa shape index (κ3) is 2.95. The Morgan fingerprint density at radius 1 is 1.57 bits per heavy atom. The molecule has 14 heavy (non-hydrogen) atoms. The number of Topliss-reactive ketones (excluding diaryl/α,β-unsaturated/α-hetero) is 1. The van der Waals surface area contributed by atoms with Crippen molar-refractivity contribution < 1.29 is 9.53 Å². The largest absolute Gasteiger partial charge is 0.496 e. The first-order chi connectivity index (χ1) is 6.69. The molecule has 0 saturated heterocycles. The zero-order valence-electron chi connectivity index (χ0n) is 7.72. The lowest BCUT2D eigenvalue weighted by atomic mass is 10.1. The van der Waals surface area contributed by atoms with Crippen molar-refractivity contribution in [3.63, 3.8) is 0 Å². The van der Waals surface area contributed by atoms with Gasteiger partial charge in [-0.3, -0.25) is 4.79 Å². The number of benzene rings is 1. The molecule has 0 aliphatic heterocycles. The summed E-state index contributed by atoms with van der Waals surface area (Å²) in [7, 11) is 1.62. The first-order valence-corrected chi connectivity index (χ1v) is 6.28. The van der Waals surface area contributed by atoms with E-state index in [-0.39, 0.29) is 5.78 Å². The molecular weight excluding hydrogens is 359 g/mol. The van der Waals surface area contributed by atoms with E-state index in [0.29, 0.717) is 11.8 Å². The molecule has 0 N–H and O–H groups in total. The quantitative estimate of drug-likeness (QED) is 0.603. The van der Waals surface area contributed by atoms with Crippen molar-refractivity contribution in [1.29, 1.82) is 0 Å². The highest BCUT2D eigenvalue weighted by Crippen LogP contribution is 2.24. The van der Waals surface area contributed by atoms with Crippen molar-refractivity contribution in [1.82, 2.24) is 0 Å². The Morgan fingerprint density at radius 3 is 2.86 bits per heavy atom. The van der Waals surface area contributed by atoms with Crippen LogP contribution in [0.4, 0.5) is 0 Å². The fraction of sp³-hybridized carbons (Fsp3) is 0.300. The Bertz CT molecular complexity index is 339. The predicted octanol–water partition coefficient (Wildman–Crippen LogP) is 2.81. The molecule has 0 amide bonds. The summed E-state index contributed by atoms with van der Waals surface area (Å²) in [6.07, 6.45) is 0.424. The highest BCUT2D eigenvalue weighted by atomic mass is 127. The molecule has 0 fully saturated rings. The highest BCUT2D eigenvalue weighted by molar-refractivity contribution is 14.1. The van der Waals surface area contributed by atoms with Crippen molar-refractivity contribution in [3.05, 3.63) is 27.3 Å². The van der Waals surface area contributed by atoms with Gasteiger partial charge in [0.15, 0.2) is 0 Å². The smallest absolute Gasteiger partial charge is 0.147 e. The molecule has 2 nitrogen and oxygen atoms in total. The van der Waals surface area contributed by atoms with E-state index in [2.05, 4.69) is 38.5 Å². The minimum absolute atomic E-state index is 0.160. The molecule has 0 unspecified atom stereocenters. The van der Waals surface area contributed by atoms with Crippen LogP contribution in [0.5, 0.6) is 5.75 Å². The molecule has 0 saturated carbocycles. The van der Waals surface area contributed by atoms with Crippen LogP contribution >= 0.6 is 38.5 Å². The highest BCUT2D eigenvalue weighted by Gasteiger charge is 2.10. The SMILES string of the molecule is COc1cccc(I)c1CC(=O)CBr. The fourth-order valence-corrected chi connectivity index (χ4v) is 2.01. The third-order valence-corrected chi connectivity index (χ3v) is 3.45. The second kappa shape index (κ2) is 5.70. The van der Waals surface area contributed by atoms with Gasteiger partial charge in [-0.15, -0.1) is 0 Å². The summed E-state index contributed by atoms with van der Waals surface area (Å²) < 4.78 is 6.27. The molecule has 0 spiro atoms. The Morgan fingerprint density at radius 2 is 2.29 bits per heavy atom. The number of rotatable bonds is 4. The average molecular weight is 369 g/mol. The molecule has 0 aliphatic carbocycles. The lowest BCUT2D eigenvalue weighted by Gasteiger charge is -2.08. The number of alkyl halides is 1. The van der Waals surface area contributed by atoms with E-state index in [1.165, 1.54) is 0 Å². The maximum Gasteiger partial charge on any atom is 0.147 e. The standard InChI is InChI=1S/C10H10BrIO2/c1-14-10-4-2-3-9(12)8(10)5-7(13)6-11/h2-4H,5-6H2,1H3. The van der Waals surface area contributed by atoms with E-state index in [1.807, 2.05) is 18.2 Å². The molecule has 1 rings (SSSR count). The average Bonchev–Trinajstić information content (AvgIpc) is 2.20. The number of carbonyl (C=O) groups is 1. The Labute approximate surface area is 105 Å². The van der Waals surface area contributed by atoms with Crippen LogP contribution in [0.3, 0.4) is 0 Å². The number of halogens is 2. The summed E-state index contributed by atoms with van der Waals surface area (Å²) in [5, 5.41) is 0.390. The van der Waals surface area contributed by atoms with Gasteiger partial charge >= 0.3 is 0 Å². The van der Waals surface area contributed by atoms with Gasteiger partial charge in [-0.25, -0.2) is 0 Å². The molecule has 1 aromatic rings. The molecule has 4 heteroatoms. The van der Waals surface area contributed by atoms with Crippen LogP contribution < -0.4 is 4.74 Å². The van der Waals surface area contributed by atoms with Crippen molar-refractivity contribution in [2.45, 2.75) is 6.42 Å². The van der Waals surface area contributed by atoms with Gasteiger partial charge in [-0.1, -0.05) is 22.0 Å². The predicted molar refractivity (Wildman–Crippen MR) is 68.2 cm³/mol. The zero-order valence-corrected chi connectivity index (χ0v) is 11.5. The number of carbonyl (C=O) groups excluding carboxylic acids is 1. The van der Waals surface area contributed by atoms with E-state index in [0.717, 1.165) is 14.9 Å². The number of hydrogen-bond donors (Lipinski definition) is 0. The van der Waals surface area contributed by atoms with Crippen molar-refractivity contribution >= 4 is 44.3 Å². The van der Waals surface area contributed by atoms with E-state index < -0.39 is 0 Å². The molecule has 1 aromatic carbocycles. The molecule has 0 aromatic heterocycles. The summed E-state index contributed by atoms with van der Waals surface area (Å²) in [6.45, 7) is 0. The van der Waals surface area contributed by atoms with Crippen LogP contribution in [0.25, 0.3) is 0 Å². The number of ether oxygens (including phenoxy) is 1. The molecular formula is C10H10BrIO2. The molecule has 0 radical (unpaired) electrons. The van der Waals surface area contributed by atoms with Gasteiger partial charge in [0.05, 0.1) is 12.4 Å². The lowest BCUT2D eigenvalue weighted by molar-refractivity contribution is -0.115. The second-order valence-corrected chi connectivity index (χ2v) is 4.49. The summed E-state index contributed by atoms with van der Waals surface area (Å²) in [6, 6.07) is 5.77. The van der Waals surface area contributed by atoms with Gasteiger partial charge in [0, 0.05) is 15.6 Å². The van der Waals surface area contributed by atoms with Crippen LogP contribution in [0.2, 0.25) is 0 Å². The summed E-state index contributed by atoms with van der Waals surface area (Å²) >= 11 is 5.36. The molecule has 76 valence electrons. The van der Waals surface area contributed by atoms with Crippen LogP contribution in [0, 0.1) is 3.57 Å². The van der Waals surface area contributed by atoms with Gasteiger partial charge in [0.2, 0.25) is 0 Å². The van der Waals surface area contributed by atoms with Gasteiger partial charge in [0.1, 0.15) is 11.5 Å². The van der Waals surface area contributed by atoms with Crippen LogP contribution in [-0.4, -0.2) is 18.2 Å². The zero-order chi connectivity index (χ0) is 10.6. The van der Waals surface area contributed by atoms with Gasteiger partial charge in [0.25, 0.3) is 0 Å². The first-order valence-electron chi connectivity index (χ1n) is 4.08. The lowest BCUT2D eigenvalue weighted by Crippen LogP contribution is -2.06. The van der Waals surface area contributed by atoms with Gasteiger partial charge < -0.3 is 4.74 Å². The minimum atomic E-state index is 0.160. The van der Waals surface area contributed by atoms with Gasteiger partial charge in [-0.05, 0) is 34.7 Å². The van der Waals surface area contributed by atoms with E-state index in [9.17, 15) is 4.79 Å². The van der Waals surface area contributed by atoms with Crippen molar-refractivity contribution in [3.8, 4) is 5.75 Å². The number of ketones is 1. The van der Waals surface area contributed by atoms with E-state index in [4.69, 9.17) is 4.74 Å². The maximum atomic E-state index is 11.3. The Kier molecular flexibility index (Phi) is 4.88. The Balaban J connectivity index is 2.98. The molecule has 0 heterocycles. The van der Waals surface area contributed by atoms with Gasteiger partial charge in [-0.2, -0.15) is 0 Å². The fourth-order valence-electron chi connectivity index (χ4n) is 1.15. The Hall–Kier alpha value is -0.100. The van der Waals surface area contributed by atoms with Crippen LogP contribution in [0.1, 0.15) is 5.56 Å².